The molecule has 0 atom stereocenters. The highest BCUT2D eigenvalue weighted by molar-refractivity contribution is 7.91. The van der Waals surface area contributed by atoms with Gasteiger partial charge in [0, 0.05) is 5.54 Å². The molecule has 1 N–H and O–H groups in total. The fourth-order valence-corrected chi connectivity index (χ4v) is 4.57. The lowest BCUT2D eigenvalue weighted by Crippen LogP contribution is -2.43. The monoisotopic (exact) mass is 239 g/mol. The van der Waals surface area contributed by atoms with E-state index in [0.29, 0.717) is 4.90 Å². The zero-order chi connectivity index (χ0) is 12.1. The molecule has 1 aromatic rings. The Hall–Kier alpha value is -1.03. The molecule has 1 aliphatic heterocycles. The molecule has 4 heteroatoms. The lowest BCUT2D eigenvalue weighted by Gasteiger charge is -2.34. The third kappa shape index (κ3) is 1.82. The Balaban J connectivity index is 2.74. The van der Waals surface area contributed by atoms with E-state index in [-0.39, 0.29) is 5.75 Å². The first kappa shape index (κ1) is 11.5. The first-order valence-corrected chi connectivity index (χ1v) is 6.99. The van der Waals surface area contributed by atoms with Crippen LogP contribution in [0.25, 0.3) is 0 Å². The summed E-state index contributed by atoms with van der Waals surface area (Å²) in [6.45, 7) is 7.64. The number of nitrogens with one attached hydrogen (secondary N) is 1. The minimum atomic E-state index is -3.16. The van der Waals surface area contributed by atoms with E-state index in [0.717, 1.165) is 16.8 Å². The van der Waals surface area contributed by atoms with Crippen LogP contribution >= 0.6 is 0 Å². The van der Waals surface area contributed by atoms with Gasteiger partial charge in [-0.3, -0.25) is 0 Å². The lowest BCUT2D eigenvalue weighted by molar-refractivity contribution is 0.555. The summed E-state index contributed by atoms with van der Waals surface area (Å²) in [5, 5.41) is 3.29. The molecule has 0 spiro atoms. The van der Waals surface area contributed by atoms with Crippen molar-refractivity contribution in [1.82, 2.24) is 0 Å². The molecule has 0 radical (unpaired) electrons. The van der Waals surface area contributed by atoms with Gasteiger partial charge in [0.25, 0.3) is 0 Å². The van der Waals surface area contributed by atoms with Crippen LogP contribution in [0.1, 0.15) is 25.0 Å². The summed E-state index contributed by atoms with van der Waals surface area (Å²) in [7, 11) is -3.16. The highest BCUT2D eigenvalue weighted by Crippen LogP contribution is 2.35. The molecule has 0 aliphatic carbocycles. The SMILES string of the molecule is Cc1cc(C)c2c(c1)NC(C)(C)CS2(=O)=O. The van der Waals surface area contributed by atoms with Gasteiger partial charge in [-0.05, 0) is 44.9 Å². The van der Waals surface area contributed by atoms with Crippen LogP contribution in [-0.2, 0) is 9.84 Å². The highest BCUT2D eigenvalue weighted by Gasteiger charge is 2.36. The second-order valence-electron chi connectivity index (χ2n) is 5.23. The molecule has 2 rings (SSSR count). The predicted octanol–water partition coefficient (Wildman–Crippen LogP) is 2.28. The van der Waals surface area contributed by atoms with Gasteiger partial charge in [-0.15, -0.1) is 0 Å². The van der Waals surface area contributed by atoms with E-state index in [1.54, 1.807) is 0 Å². The number of benzene rings is 1. The number of sulfone groups is 1. The maximum absolute atomic E-state index is 12.2. The Morgan fingerprint density at radius 2 is 1.88 bits per heavy atom. The minimum Gasteiger partial charge on any atom is -0.378 e. The van der Waals surface area contributed by atoms with E-state index in [2.05, 4.69) is 5.32 Å². The predicted molar refractivity (Wildman–Crippen MR) is 65.7 cm³/mol. The number of fused-ring (bicyclic) bond motifs is 1. The smallest absolute Gasteiger partial charge is 0.182 e. The van der Waals surface area contributed by atoms with Crippen LogP contribution < -0.4 is 5.32 Å². The average Bonchev–Trinajstić information content (AvgIpc) is 1.94. The Bertz CT molecular complexity index is 544. The van der Waals surface area contributed by atoms with Crippen molar-refractivity contribution in [2.75, 3.05) is 11.1 Å². The summed E-state index contributed by atoms with van der Waals surface area (Å²) in [6.07, 6.45) is 0. The van der Waals surface area contributed by atoms with Gasteiger partial charge in [0.15, 0.2) is 9.84 Å². The molecular formula is C12H17NO2S. The van der Waals surface area contributed by atoms with E-state index in [9.17, 15) is 8.42 Å². The van der Waals surface area contributed by atoms with Crippen molar-refractivity contribution < 1.29 is 8.42 Å². The van der Waals surface area contributed by atoms with Crippen molar-refractivity contribution in [2.45, 2.75) is 38.1 Å². The molecular weight excluding hydrogens is 222 g/mol. The normalized spacial score (nSPS) is 21.0. The largest absolute Gasteiger partial charge is 0.378 e. The van der Waals surface area contributed by atoms with Gasteiger partial charge in [-0.1, -0.05) is 6.07 Å². The van der Waals surface area contributed by atoms with Gasteiger partial charge in [-0.2, -0.15) is 0 Å². The molecule has 1 aliphatic rings. The van der Waals surface area contributed by atoms with Crippen molar-refractivity contribution in [3.8, 4) is 0 Å². The molecule has 0 aromatic heterocycles. The Morgan fingerprint density at radius 1 is 1.25 bits per heavy atom. The first-order chi connectivity index (χ1) is 7.21. The molecule has 1 heterocycles. The number of aryl methyl sites for hydroxylation is 2. The van der Waals surface area contributed by atoms with Crippen LogP contribution in [0.2, 0.25) is 0 Å². The van der Waals surface area contributed by atoms with Crippen molar-refractivity contribution in [2.24, 2.45) is 0 Å². The third-order valence-electron chi connectivity index (χ3n) is 2.75. The molecule has 16 heavy (non-hydrogen) atoms. The number of anilines is 1. The zero-order valence-electron chi connectivity index (χ0n) is 10.1. The van der Waals surface area contributed by atoms with Crippen molar-refractivity contribution in [3.63, 3.8) is 0 Å². The second-order valence-corrected chi connectivity index (χ2v) is 7.15. The van der Waals surface area contributed by atoms with Gasteiger partial charge in [-0.25, -0.2) is 8.42 Å². The zero-order valence-corrected chi connectivity index (χ0v) is 10.9. The first-order valence-electron chi connectivity index (χ1n) is 5.33. The summed E-state index contributed by atoms with van der Waals surface area (Å²) >= 11 is 0. The molecule has 3 nitrogen and oxygen atoms in total. The molecule has 0 saturated heterocycles. The van der Waals surface area contributed by atoms with Gasteiger partial charge in [0.1, 0.15) is 0 Å². The molecule has 0 amide bonds. The van der Waals surface area contributed by atoms with Crippen molar-refractivity contribution in [1.29, 1.82) is 0 Å². The topological polar surface area (TPSA) is 46.2 Å². The standard InChI is InChI=1S/C12H17NO2S/c1-8-5-9(2)11-10(6-8)13-12(3,4)7-16(11,14)15/h5-6,13H,7H2,1-4H3. The van der Waals surface area contributed by atoms with Crippen LogP contribution in [0.4, 0.5) is 5.69 Å². The van der Waals surface area contributed by atoms with E-state index >= 15 is 0 Å². The molecule has 0 saturated carbocycles. The summed E-state index contributed by atoms with van der Waals surface area (Å²) < 4.78 is 24.4. The van der Waals surface area contributed by atoms with Crippen molar-refractivity contribution in [3.05, 3.63) is 23.3 Å². The fourth-order valence-electron chi connectivity index (χ4n) is 2.41. The quantitative estimate of drug-likeness (QED) is 0.755. The molecule has 0 bridgehead atoms. The van der Waals surface area contributed by atoms with E-state index in [1.165, 1.54) is 0 Å². The van der Waals surface area contributed by atoms with E-state index < -0.39 is 15.4 Å². The molecule has 1 aromatic carbocycles. The van der Waals surface area contributed by atoms with Crippen molar-refractivity contribution >= 4 is 15.5 Å². The maximum atomic E-state index is 12.2. The number of hydrogen-bond acceptors (Lipinski definition) is 3. The van der Waals surface area contributed by atoms with Gasteiger partial charge in [0.2, 0.25) is 0 Å². The number of rotatable bonds is 0. The Kier molecular flexibility index (Phi) is 2.31. The van der Waals surface area contributed by atoms with Crippen LogP contribution in [0, 0.1) is 13.8 Å². The summed E-state index contributed by atoms with van der Waals surface area (Å²) in [5.74, 6) is 0.150. The average molecular weight is 239 g/mol. The summed E-state index contributed by atoms with van der Waals surface area (Å²) in [6, 6.07) is 3.82. The second kappa shape index (κ2) is 3.23. The third-order valence-corrected chi connectivity index (χ3v) is 5.02. The molecule has 0 unspecified atom stereocenters. The fraction of sp³-hybridized carbons (Fsp3) is 0.500. The van der Waals surface area contributed by atoms with E-state index in [1.807, 2.05) is 39.8 Å². The Morgan fingerprint density at radius 3 is 2.50 bits per heavy atom. The maximum Gasteiger partial charge on any atom is 0.182 e. The minimum absolute atomic E-state index is 0.150. The van der Waals surface area contributed by atoms with Crippen LogP contribution in [-0.4, -0.2) is 19.7 Å². The highest BCUT2D eigenvalue weighted by atomic mass is 32.2. The van der Waals surface area contributed by atoms with Gasteiger partial charge < -0.3 is 5.32 Å². The van der Waals surface area contributed by atoms with Crippen LogP contribution in [0.15, 0.2) is 17.0 Å². The van der Waals surface area contributed by atoms with Crippen LogP contribution in [0.3, 0.4) is 0 Å². The lowest BCUT2D eigenvalue weighted by atomic mass is 10.1. The van der Waals surface area contributed by atoms with Crippen LogP contribution in [0.5, 0.6) is 0 Å². The van der Waals surface area contributed by atoms with Gasteiger partial charge in [0.05, 0.1) is 16.3 Å². The van der Waals surface area contributed by atoms with E-state index in [4.69, 9.17) is 0 Å². The molecule has 0 fully saturated rings. The Labute approximate surface area is 96.8 Å². The van der Waals surface area contributed by atoms with Gasteiger partial charge >= 0.3 is 0 Å². The summed E-state index contributed by atoms with van der Waals surface area (Å²) in [4.78, 5) is 0.470. The number of hydrogen-bond donors (Lipinski definition) is 1. The summed E-state index contributed by atoms with van der Waals surface area (Å²) in [5.41, 5.74) is 2.26. The molecule has 88 valence electrons.